The highest BCUT2D eigenvalue weighted by molar-refractivity contribution is 5.78. The number of hydrogen-bond donors (Lipinski definition) is 2. The lowest BCUT2D eigenvalue weighted by Crippen LogP contribution is -2.37. The predicted octanol–water partition coefficient (Wildman–Crippen LogP) is 3.71. The van der Waals surface area contributed by atoms with Crippen molar-refractivity contribution in [2.24, 2.45) is 5.92 Å². The van der Waals surface area contributed by atoms with Gasteiger partial charge >= 0.3 is 0 Å². The first kappa shape index (κ1) is 18.3. The third-order valence-corrected chi connectivity index (χ3v) is 3.88. The minimum atomic E-state index is -0.133. The van der Waals surface area contributed by atoms with Crippen LogP contribution in [0.4, 0.5) is 0 Å². The van der Waals surface area contributed by atoms with Gasteiger partial charge in [-0.25, -0.2) is 0 Å². The van der Waals surface area contributed by atoms with E-state index in [1.165, 1.54) is 12.1 Å². The molecule has 1 rings (SSSR count). The average Bonchev–Trinajstić information content (AvgIpc) is 2.50. The van der Waals surface area contributed by atoms with Crippen LogP contribution in [0.1, 0.15) is 52.0 Å². The van der Waals surface area contributed by atoms with E-state index in [1.54, 1.807) is 6.07 Å². The zero-order chi connectivity index (χ0) is 16.5. The van der Waals surface area contributed by atoms with Gasteiger partial charge in [-0.2, -0.15) is 0 Å². The summed E-state index contributed by atoms with van der Waals surface area (Å²) in [6.07, 6.45) is 4.79. The first-order chi connectivity index (χ1) is 10.5. The Morgan fingerprint density at radius 2 is 1.68 bits per heavy atom. The zero-order valence-electron chi connectivity index (χ0n) is 14.0. The fraction of sp³-hybridized carbons (Fsp3) is 0.611. The van der Waals surface area contributed by atoms with Crippen LogP contribution >= 0.6 is 0 Å². The maximum absolute atomic E-state index is 12.6. The molecule has 0 fully saturated rings. The van der Waals surface area contributed by atoms with E-state index in [2.05, 4.69) is 13.8 Å². The molecule has 0 spiro atoms. The van der Waals surface area contributed by atoms with E-state index in [1.807, 2.05) is 11.8 Å². The summed E-state index contributed by atoms with van der Waals surface area (Å²) >= 11 is 0. The zero-order valence-corrected chi connectivity index (χ0v) is 14.0. The molecule has 0 bridgehead atoms. The fourth-order valence-electron chi connectivity index (χ4n) is 2.48. The normalized spacial score (nSPS) is 12.1. The smallest absolute Gasteiger partial charge is 0.225 e. The van der Waals surface area contributed by atoms with E-state index in [9.17, 15) is 15.0 Å². The largest absolute Gasteiger partial charge is 0.504 e. The summed E-state index contributed by atoms with van der Waals surface area (Å²) in [5, 5.41) is 18.9. The first-order valence-electron chi connectivity index (χ1n) is 8.29. The molecule has 1 aromatic rings. The van der Waals surface area contributed by atoms with Crippen molar-refractivity contribution in [3.8, 4) is 11.5 Å². The van der Waals surface area contributed by atoms with Crippen LogP contribution in [0, 0.1) is 5.92 Å². The molecule has 0 saturated heterocycles. The molecule has 0 saturated carbocycles. The van der Waals surface area contributed by atoms with Crippen LogP contribution in [0.15, 0.2) is 18.2 Å². The summed E-state index contributed by atoms with van der Waals surface area (Å²) in [6, 6.07) is 4.75. The van der Waals surface area contributed by atoms with Gasteiger partial charge in [-0.15, -0.1) is 0 Å². The van der Waals surface area contributed by atoms with Crippen LogP contribution in [-0.2, 0) is 11.2 Å². The molecule has 1 unspecified atom stereocenters. The second kappa shape index (κ2) is 9.34. The van der Waals surface area contributed by atoms with Crippen LogP contribution in [0.2, 0.25) is 0 Å². The number of benzene rings is 1. The maximum Gasteiger partial charge on any atom is 0.225 e. The predicted molar refractivity (Wildman–Crippen MR) is 89.0 cm³/mol. The van der Waals surface area contributed by atoms with Crippen molar-refractivity contribution in [3.63, 3.8) is 0 Å². The summed E-state index contributed by atoms with van der Waals surface area (Å²) < 4.78 is 0. The Kier molecular flexibility index (Phi) is 7.78. The van der Waals surface area contributed by atoms with Gasteiger partial charge in [0.15, 0.2) is 11.5 Å². The second-order valence-corrected chi connectivity index (χ2v) is 5.96. The molecule has 4 nitrogen and oxygen atoms in total. The fourth-order valence-corrected chi connectivity index (χ4v) is 2.48. The van der Waals surface area contributed by atoms with Gasteiger partial charge in [0.1, 0.15) is 0 Å². The van der Waals surface area contributed by atoms with Gasteiger partial charge in [0, 0.05) is 19.0 Å². The average molecular weight is 307 g/mol. The Morgan fingerprint density at radius 1 is 1.09 bits per heavy atom. The molecule has 0 heterocycles. The van der Waals surface area contributed by atoms with Crippen LogP contribution in [0.3, 0.4) is 0 Å². The van der Waals surface area contributed by atoms with E-state index in [4.69, 9.17) is 0 Å². The van der Waals surface area contributed by atoms with Gasteiger partial charge in [0.2, 0.25) is 5.91 Å². The minimum Gasteiger partial charge on any atom is -0.504 e. The molecule has 4 heteroatoms. The lowest BCUT2D eigenvalue weighted by molar-refractivity contribution is -0.135. The number of carbonyl (C=O) groups excluding carboxylic acids is 1. The number of phenolic OH excluding ortho intramolecular Hbond substituents is 2. The summed E-state index contributed by atoms with van der Waals surface area (Å²) in [6.45, 7) is 7.83. The molecular weight excluding hydrogens is 278 g/mol. The van der Waals surface area contributed by atoms with Crippen molar-refractivity contribution in [1.82, 2.24) is 4.90 Å². The topological polar surface area (TPSA) is 60.8 Å². The molecule has 124 valence electrons. The van der Waals surface area contributed by atoms with Crippen LogP contribution in [-0.4, -0.2) is 34.1 Å². The Bertz CT molecular complexity index is 465. The van der Waals surface area contributed by atoms with Gasteiger partial charge in [0.25, 0.3) is 0 Å². The molecule has 0 aliphatic rings. The molecule has 0 aliphatic carbocycles. The van der Waals surface area contributed by atoms with Crippen LogP contribution < -0.4 is 0 Å². The van der Waals surface area contributed by atoms with E-state index in [-0.39, 0.29) is 23.3 Å². The van der Waals surface area contributed by atoms with E-state index < -0.39 is 0 Å². The molecule has 0 aliphatic heterocycles. The molecule has 1 aromatic carbocycles. The van der Waals surface area contributed by atoms with Crippen molar-refractivity contribution < 1.29 is 15.0 Å². The molecule has 1 atom stereocenters. The van der Waals surface area contributed by atoms with Gasteiger partial charge in [0.05, 0.1) is 0 Å². The van der Waals surface area contributed by atoms with Crippen LogP contribution in [0.25, 0.3) is 0 Å². The number of unbranched alkanes of at least 4 members (excludes halogenated alkanes) is 2. The number of amides is 1. The lowest BCUT2D eigenvalue weighted by Gasteiger charge is -2.26. The highest BCUT2D eigenvalue weighted by atomic mass is 16.3. The molecule has 1 amide bonds. The standard InChI is InChI=1S/C18H29NO3/c1-4-6-10-19(11-7-5-2)18(22)14(3)12-15-8-9-16(20)17(21)13-15/h8-9,13-14,20-21H,4-7,10-12H2,1-3H3. The summed E-state index contributed by atoms with van der Waals surface area (Å²) in [5.41, 5.74) is 0.863. The van der Waals surface area contributed by atoms with E-state index in [0.717, 1.165) is 44.3 Å². The molecule has 0 aromatic heterocycles. The first-order valence-corrected chi connectivity index (χ1v) is 8.29. The van der Waals surface area contributed by atoms with Crippen LogP contribution in [0.5, 0.6) is 11.5 Å². The van der Waals surface area contributed by atoms with Crippen molar-refractivity contribution in [2.45, 2.75) is 52.9 Å². The third-order valence-electron chi connectivity index (χ3n) is 3.88. The van der Waals surface area contributed by atoms with Crippen molar-refractivity contribution >= 4 is 5.91 Å². The highest BCUT2D eigenvalue weighted by Gasteiger charge is 2.20. The number of nitrogens with zero attached hydrogens (tertiary/aromatic N) is 1. The number of phenols is 2. The van der Waals surface area contributed by atoms with E-state index >= 15 is 0 Å². The van der Waals surface area contributed by atoms with Crippen molar-refractivity contribution in [2.75, 3.05) is 13.1 Å². The SMILES string of the molecule is CCCCN(CCCC)C(=O)C(C)Cc1ccc(O)c(O)c1. The number of aromatic hydroxyl groups is 2. The second-order valence-electron chi connectivity index (χ2n) is 5.96. The Labute approximate surface area is 133 Å². The lowest BCUT2D eigenvalue weighted by atomic mass is 9.99. The Balaban J connectivity index is 2.68. The van der Waals surface area contributed by atoms with Gasteiger partial charge in [-0.1, -0.05) is 39.7 Å². The summed E-state index contributed by atoms with van der Waals surface area (Å²) in [4.78, 5) is 14.6. The summed E-state index contributed by atoms with van der Waals surface area (Å²) in [5.74, 6) is -0.215. The van der Waals surface area contributed by atoms with Crippen molar-refractivity contribution in [3.05, 3.63) is 23.8 Å². The summed E-state index contributed by atoms with van der Waals surface area (Å²) in [7, 11) is 0. The molecule has 0 radical (unpaired) electrons. The highest BCUT2D eigenvalue weighted by Crippen LogP contribution is 2.26. The maximum atomic E-state index is 12.6. The number of carbonyl (C=O) groups is 1. The van der Waals surface area contributed by atoms with Gasteiger partial charge < -0.3 is 15.1 Å². The molecule has 22 heavy (non-hydrogen) atoms. The molecular formula is C18H29NO3. The number of hydrogen-bond acceptors (Lipinski definition) is 3. The van der Waals surface area contributed by atoms with Crippen molar-refractivity contribution in [1.29, 1.82) is 0 Å². The quantitative estimate of drug-likeness (QED) is 0.684. The van der Waals surface area contributed by atoms with Gasteiger partial charge in [-0.05, 0) is 37.0 Å². The monoisotopic (exact) mass is 307 g/mol. The van der Waals surface area contributed by atoms with Gasteiger partial charge in [-0.3, -0.25) is 4.79 Å². The number of rotatable bonds is 9. The minimum absolute atomic E-state index is 0.127. The van der Waals surface area contributed by atoms with E-state index in [0.29, 0.717) is 6.42 Å². The Morgan fingerprint density at radius 3 is 2.18 bits per heavy atom. The molecule has 2 N–H and O–H groups in total. The Hall–Kier alpha value is -1.71. The third kappa shape index (κ3) is 5.58.